The van der Waals surface area contributed by atoms with Gasteiger partial charge in [0, 0.05) is 37.7 Å². The van der Waals surface area contributed by atoms with E-state index in [2.05, 4.69) is 36.3 Å². The first-order valence-electron chi connectivity index (χ1n) is 14.3. The van der Waals surface area contributed by atoms with Crippen LogP contribution in [-0.4, -0.2) is 77.0 Å². The lowest BCUT2D eigenvalue weighted by Crippen LogP contribution is -2.48. The van der Waals surface area contributed by atoms with Crippen molar-refractivity contribution in [3.8, 4) is 5.69 Å². The number of rotatable bonds is 5. The van der Waals surface area contributed by atoms with Crippen molar-refractivity contribution < 1.29 is 22.6 Å². The van der Waals surface area contributed by atoms with E-state index in [1.165, 1.54) is 11.3 Å². The molecular weight excluding hydrogens is 615 g/mol. The van der Waals surface area contributed by atoms with Crippen LogP contribution in [0.25, 0.3) is 5.69 Å². The molecule has 0 unspecified atom stereocenters. The molecule has 3 aromatic heterocycles. The number of anilines is 3. The molecule has 1 aliphatic rings. The van der Waals surface area contributed by atoms with E-state index in [1.54, 1.807) is 4.68 Å². The number of carbonyl (C=O) groups is 2. The molecule has 14 heteroatoms. The van der Waals surface area contributed by atoms with Gasteiger partial charge < -0.3 is 15.1 Å². The van der Waals surface area contributed by atoms with Gasteiger partial charge in [-0.15, -0.1) is 11.3 Å². The third-order valence-electron chi connectivity index (χ3n) is 6.94. The van der Waals surface area contributed by atoms with Crippen LogP contribution in [0.1, 0.15) is 47.4 Å². The molecule has 5 rings (SSSR count). The number of benzene rings is 1. The molecule has 0 saturated carbocycles. The maximum Gasteiger partial charge on any atom is 0.324 e. The van der Waals surface area contributed by atoms with Gasteiger partial charge in [0.05, 0.1) is 33.9 Å². The largest absolute Gasteiger partial charge is 0.353 e. The zero-order valence-corrected chi connectivity index (χ0v) is 27.9. The first-order chi connectivity index (χ1) is 21.1. The quantitative estimate of drug-likeness (QED) is 0.244. The Bertz CT molecular complexity index is 1730. The van der Waals surface area contributed by atoms with Crippen LogP contribution in [0.5, 0.6) is 0 Å². The Labute approximate surface area is 267 Å². The van der Waals surface area contributed by atoms with Gasteiger partial charge in [-0.05, 0) is 49.6 Å². The fourth-order valence-corrected chi connectivity index (χ4v) is 5.23. The van der Waals surface area contributed by atoms with E-state index in [0.29, 0.717) is 49.6 Å². The lowest BCUT2D eigenvalue weighted by Gasteiger charge is -2.35. The van der Waals surface area contributed by atoms with Crippen molar-refractivity contribution in [3.05, 3.63) is 81.8 Å². The van der Waals surface area contributed by atoms with E-state index in [0.717, 1.165) is 27.6 Å². The zero-order valence-electron chi connectivity index (χ0n) is 26.2. The number of piperazine rings is 1. The molecule has 12 nitrogen and oxygen atoms in total. The highest BCUT2D eigenvalue weighted by Gasteiger charge is 2.24. The van der Waals surface area contributed by atoms with Crippen LogP contribution in [0, 0.1) is 13.8 Å². The van der Waals surface area contributed by atoms with Gasteiger partial charge in [-0.25, -0.2) is 14.5 Å². The number of aryl methyl sites for hydroxylation is 2. The summed E-state index contributed by atoms with van der Waals surface area (Å²) < 4.78 is 27.6. The Hall–Kier alpha value is -4.27. The van der Waals surface area contributed by atoms with Crippen molar-refractivity contribution >= 4 is 50.7 Å². The number of aromatic nitrogens is 3. The van der Waals surface area contributed by atoms with Crippen molar-refractivity contribution in [2.24, 2.45) is 0 Å². The predicted molar refractivity (Wildman–Crippen MR) is 179 cm³/mol. The number of urea groups is 1. The SMILES string of the molecule is CS(=O)(=O)O.Cc1ccc(-n2nc(C(C)(C)C)cc2NC(=O)Nc2ccc(N3CCN(C(=O)c4cccs4)CC3)nc2C)cc1. The van der Waals surface area contributed by atoms with Crippen molar-refractivity contribution in [2.45, 2.75) is 40.0 Å². The molecule has 0 aliphatic carbocycles. The summed E-state index contributed by atoms with van der Waals surface area (Å²) in [5.41, 5.74) is 4.07. The van der Waals surface area contributed by atoms with Crippen LogP contribution in [-0.2, 0) is 15.5 Å². The Morgan fingerprint density at radius 2 is 1.60 bits per heavy atom. The smallest absolute Gasteiger partial charge is 0.324 e. The van der Waals surface area contributed by atoms with Crippen LogP contribution in [0.2, 0.25) is 0 Å². The highest BCUT2D eigenvalue weighted by atomic mass is 32.2. The summed E-state index contributed by atoms with van der Waals surface area (Å²) >= 11 is 1.47. The van der Waals surface area contributed by atoms with Gasteiger partial charge in [0.15, 0.2) is 0 Å². The van der Waals surface area contributed by atoms with Crippen molar-refractivity contribution in [1.29, 1.82) is 0 Å². The van der Waals surface area contributed by atoms with Crippen LogP contribution in [0.3, 0.4) is 0 Å². The molecule has 4 heterocycles. The molecule has 3 amide bonds. The van der Waals surface area contributed by atoms with E-state index in [-0.39, 0.29) is 17.4 Å². The summed E-state index contributed by atoms with van der Waals surface area (Å²) in [4.78, 5) is 35.3. The number of hydrogen-bond acceptors (Lipinski definition) is 8. The third kappa shape index (κ3) is 9.36. The second kappa shape index (κ2) is 13.8. The molecule has 0 radical (unpaired) electrons. The van der Waals surface area contributed by atoms with Gasteiger partial charge in [-0.2, -0.15) is 13.5 Å². The van der Waals surface area contributed by atoms with E-state index >= 15 is 0 Å². The molecule has 0 bridgehead atoms. The summed E-state index contributed by atoms with van der Waals surface area (Å²) in [6.45, 7) is 12.9. The molecule has 1 aliphatic heterocycles. The van der Waals surface area contributed by atoms with Crippen LogP contribution >= 0.6 is 11.3 Å². The second-order valence-corrected chi connectivity index (χ2v) is 14.2. The second-order valence-electron chi connectivity index (χ2n) is 11.8. The number of carbonyl (C=O) groups excluding carboxylic acids is 2. The highest BCUT2D eigenvalue weighted by Crippen LogP contribution is 2.27. The maximum atomic E-state index is 13.1. The number of amides is 3. The van der Waals surface area contributed by atoms with E-state index in [4.69, 9.17) is 14.6 Å². The molecule has 240 valence electrons. The normalized spacial score (nSPS) is 13.6. The Morgan fingerprint density at radius 3 is 2.16 bits per heavy atom. The molecular formula is C31H39N7O5S2. The number of hydrogen-bond donors (Lipinski definition) is 3. The molecule has 0 atom stereocenters. The van der Waals surface area contributed by atoms with E-state index < -0.39 is 10.1 Å². The molecule has 45 heavy (non-hydrogen) atoms. The number of thiophene rings is 1. The Morgan fingerprint density at radius 1 is 0.956 bits per heavy atom. The summed E-state index contributed by atoms with van der Waals surface area (Å²) in [5, 5.41) is 12.6. The lowest BCUT2D eigenvalue weighted by molar-refractivity contribution is 0.0751. The average Bonchev–Trinajstić information content (AvgIpc) is 3.64. The minimum atomic E-state index is -3.67. The highest BCUT2D eigenvalue weighted by molar-refractivity contribution is 7.85. The standard InChI is InChI=1S/C30H35N7O2S.CH4O3S/c1-20-8-10-22(11-9-20)37-27(19-25(34-37)30(3,4)5)33-29(39)32-23-12-13-26(31-21(23)2)35-14-16-36(17-15-35)28(38)24-7-6-18-40-24;1-5(2,3)4/h6-13,18-19H,14-17H2,1-5H3,(H2,32,33,39);1H3,(H,2,3,4). The first-order valence-corrected chi connectivity index (χ1v) is 17.0. The minimum absolute atomic E-state index is 0.0858. The third-order valence-corrected chi connectivity index (χ3v) is 7.80. The minimum Gasteiger partial charge on any atom is -0.353 e. The van der Waals surface area contributed by atoms with Crippen molar-refractivity contribution in [3.63, 3.8) is 0 Å². The fraction of sp³-hybridized carbons (Fsp3) is 0.355. The van der Waals surface area contributed by atoms with Crippen molar-refractivity contribution in [2.75, 3.05) is 48.0 Å². The van der Waals surface area contributed by atoms with E-state index in [1.807, 2.05) is 78.7 Å². The molecule has 3 N–H and O–H groups in total. The number of nitrogens with one attached hydrogen (secondary N) is 2. The molecule has 1 aromatic carbocycles. The fourth-order valence-electron chi connectivity index (χ4n) is 4.54. The zero-order chi connectivity index (χ0) is 32.9. The summed E-state index contributed by atoms with van der Waals surface area (Å²) in [5.74, 6) is 1.50. The van der Waals surface area contributed by atoms with Gasteiger partial charge in [0.2, 0.25) is 0 Å². The van der Waals surface area contributed by atoms with Gasteiger partial charge in [0.25, 0.3) is 16.0 Å². The Kier molecular flexibility index (Phi) is 10.3. The molecule has 1 fully saturated rings. The topological polar surface area (TPSA) is 150 Å². The summed E-state index contributed by atoms with van der Waals surface area (Å²) in [7, 11) is -3.67. The van der Waals surface area contributed by atoms with Crippen LogP contribution in [0.4, 0.5) is 22.1 Å². The van der Waals surface area contributed by atoms with Crippen LogP contribution < -0.4 is 15.5 Å². The van der Waals surface area contributed by atoms with Gasteiger partial charge >= 0.3 is 6.03 Å². The predicted octanol–water partition coefficient (Wildman–Crippen LogP) is 5.35. The van der Waals surface area contributed by atoms with Gasteiger partial charge in [0.1, 0.15) is 11.6 Å². The van der Waals surface area contributed by atoms with E-state index in [9.17, 15) is 18.0 Å². The monoisotopic (exact) mass is 653 g/mol. The first kappa shape index (κ1) is 33.6. The average molecular weight is 654 g/mol. The summed E-state index contributed by atoms with van der Waals surface area (Å²) in [6.07, 6.45) is 0.715. The molecule has 1 saturated heterocycles. The number of nitrogens with zero attached hydrogens (tertiary/aromatic N) is 5. The lowest BCUT2D eigenvalue weighted by atomic mass is 9.92. The number of pyridine rings is 1. The van der Waals surface area contributed by atoms with Gasteiger partial charge in [-0.1, -0.05) is 44.5 Å². The molecule has 4 aromatic rings. The summed E-state index contributed by atoms with van der Waals surface area (Å²) in [6, 6.07) is 17.1. The Balaban J connectivity index is 0.000000854. The molecule has 0 spiro atoms. The van der Waals surface area contributed by atoms with Gasteiger partial charge in [-0.3, -0.25) is 14.7 Å². The maximum absolute atomic E-state index is 13.1. The van der Waals surface area contributed by atoms with Crippen LogP contribution in [0.15, 0.2) is 60.0 Å². The van der Waals surface area contributed by atoms with Crippen molar-refractivity contribution in [1.82, 2.24) is 19.7 Å².